The molecule has 0 saturated heterocycles. The van der Waals surface area contributed by atoms with Crippen LogP contribution in [0.2, 0.25) is 0 Å². The monoisotopic (exact) mass is 481 g/mol. The van der Waals surface area contributed by atoms with E-state index in [9.17, 15) is 18.5 Å². The first kappa shape index (κ1) is 24.3. The Kier molecular flexibility index (Phi) is 7.76. The molecule has 3 rings (SSSR count). The van der Waals surface area contributed by atoms with E-state index >= 15 is 0 Å². The summed E-state index contributed by atoms with van der Waals surface area (Å²) in [5.41, 5.74) is 1.24. The molecule has 0 fully saturated rings. The first-order valence-corrected chi connectivity index (χ1v) is 12.3. The van der Waals surface area contributed by atoms with Gasteiger partial charge in [-0.2, -0.15) is 5.26 Å². The molecule has 7 nitrogen and oxygen atoms in total. The van der Waals surface area contributed by atoms with Crippen LogP contribution in [-0.2, 0) is 10.0 Å². The molecule has 0 aliphatic rings. The number of hydrogen-bond donors (Lipinski definition) is 1. The quantitative estimate of drug-likeness (QED) is 0.504. The van der Waals surface area contributed by atoms with Gasteiger partial charge in [0, 0.05) is 29.6 Å². The molecule has 33 heavy (non-hydrogen) atoms. The minimum Gasteiger partial charge on any atom is -0.492 e. The summed E-state index contributed by atoms with van der Waals surface area (Å²) < 4.78 is 32.1. The molecule has 0 aliphatic carbocycles. The topological polar surface area (TPSA) is 99.5 Å². The van der Waals surface area contributed by atoms with Crippen molar-refractivity contribution < 1.29 is 17.9 Å². The molecule has 9 heteroatoms. The van der Waals surface area contributed by atoms with Crippen LogP contribution >= 0.6 is 11.8 Å². The van der Waals surface area contributed by atoms with E-state index in [4.69, 9.17) is 4.74 Å². The lowest BCUT2D eigenvalue weighted by Gasteiger charge is -2.17. The summed E-state index contributed by atoms with van der Waals surface area (Å²) in [7, 11) is -0.920. The molecule has 0 aromatic heterocycles. The van der Waals surface area contributed by atoms with Gasteiger partial charge >= 0.3 is 0 Å². The average molecular weight is 482 g/mol. The van der Waals surface area contributed by atoms with Crippen LogP contribution in [0.5, 0.6) is 5.75 Å². The van der Waals surface area contributed by atoms with Gasteiger partial charge in [0.2, 0.25) is 10.0 Å². The molecule has 1 amide bonds. The highest BCUT2D eigenvalue weighted by atomic mass is 32.2. The van der Waals surface area contributed by atoms with Crippen LogP contribution in [0.1, 0.15) is 22.8 Å². The minimum atomic E-state index is -3.79. The number of nitrogens with zero attached hydrogens (tertiary/aromatic N) is 2. The van der Waals surface area contributed by atoms with Gasteiger partial charge in [-0.3, -0.25) is 4.79 Å². The zero-order valence-electron chi connectivity index (χ0n) is 18.4. The van der Waals surface area contributed by atoms with E-state index in [0.29, 0.717) is 28.3 Å². The lowest BCUT2D eigenvalue weighted by Crippen LogP contribution is -2.23. The third-order valence-corrected chi connectivity index (χ3v) is 7.61. The molecule has 0 aliphatic heterocycles. The van der Waals surface area contributed by atoms with E-state index in [1.807, 2.05) is 18.2 Å². The van der Waals surface area contributed by atoms with Crippen molar-refractivity contribution >= 4 is 33.4 Å². The smallest absolute Gasteiger partial charge is 0.256 e. The summed E-state index contributed by atoms with van der Waals surface area (Å²) in [6.07, 6.45) is 0. The second-order valence-electron chi connectivity index (χ2n) is 7.04. The van der Waals surface area contributed by atoms with E-state index in [2.05, 4.69) is 11.4 Å². The number of amides is 1. The van der Waals surface area contributed by atoms with Gasteiger partial charge in [-0.1, -0.05) is 36.0 Å². The maximum atomic E-state index is 13.1. The summed E-state index contributed by atoms with van der Waals surface area (Å²) in [4.78, 5) is 14.5. The number of anilines is 1. The van der Waals surface area contributed by atoms with Crippen molar-refractivity contribution in [1.29, 1.82) is 5.26 Å². The van der Waals surface area contributed by atoms with Crippen LogP contribution in [0.25, 0.3) is 0 Å². The predicted molar refractivity (Wildman–Crippen MR) is 128 cm³/mol. The maximum absolute atomic E-state index is 13.1. The van der Waals surface area contributed by atoms with Crippen molar-refractivity contribution in [2.24, 2.45) is 0 Å². The summed E-state index contributed by atoms with van der Waals surface area (Å²) in [6, 6.07) is 20.9. The zero-order valence-corrected chi connectivity index (χ0v) is 20.0. The molecule has 0 heterocycles. The Hall–Kier alpha value is -3.32. The first-order chi connectivity index (χ1) is 15.8. The van der Waals surface area contributed by atoms with Crippen LogP contribution in [0.4, 0.5) is 5.69 Å². The van der Waals surface area contributed by atoms with E-state index in [1.165, 1.54) is 38.0 Å². The lowest BCUT2D eigenvalue weighted by atomic mass is 10.2. The van der Waals surface area contributed by atoms with Gasteiger partial charge in [0.1, 0.15) is 16.7 Å². The molecule has 3 aromatic rings. The molecule has 0 atom stereocenters. The van der Waals surface area contributed by atoms with E-state index < -0.39 is 15.9 Å². The molecular formula is C24H23N3O4S2. The number of ether oxygens (including phenoxy) is 1. The third kappa shape index (κ3) is 5.54. The Labute approximate surface area is 198 Å². The maximum Gasteiger partial charge on any atom is 0.256 e. The lowest BCUT2D eigenvalue weighted by molar-refractivity contribution is 0.102. The summed E-state index contributed by atoms with van der Waals surface area (Å²) in [6.45, 7) is 2.07. The Morgan fingerprint density at radius 2 is 1.73 bits per heavy atom. The zero-order chi connectivity index (χ0) is 24.0. The van der Waals surface area contributed by atoms with Crippen molar-refractivity contribution in [2.75, 3.05) is 26.0 Å². The number of hydrogen-bond acceptors (Lipinski definition) is 6. The Morgan fingerprint density at radius 1 is 1.06 bits per heavy atom. The number of benzene rings is 3. The fourth-order valence-electron chi connectivity index (χ4n) is 2.97. The molecule has 0 spiro atoms. The largest absolute Gasteiger partial charge is 0.492 e. The second-order valence-corrected chi connectivity index (χ2v) is 10.2. The fourth-order valence-corrected chi connectivity index (χ4v) is 5.04. The number of carbonyl (C=O) groups is 1. The van der Waals surface area contributed by atoms with Crippen molar-refractivity contribution in [3.63, 3.8) is 0 Å². The van der Waals surface area contributed by atoms with Crippen molar-refractivity contribution in [2.45, 2.75) is 21.6 Å². The Bertz CT molecular complexity index is 1320. The molecule has 0 unspecified atom stereocenters. The van der Waals surface area contributed by atoms with Gasteiger partial charge < -0.3 is 10.1 Å². The second kappa shape index (κ2) is 10.5. The molecule has 170 valence electrons. The molecule has 1 N–H and O–H groups in total. The highest BCUT2D eigenvalue weighted by molar-refractivity contribution is 7.99. The molecule has 0 bridgehead atoms. The summed E-state index contributed by atoms with van der Waals surface area (Å²) in [5.74, 6) is -0.182. The van der Waals surface area contributed by atoms with Gasteiger partial charge in [-0.05, 0) is 49.4 Å². The normalized spacial score (nSPS) is 11.1. The van der Waals surface area contributed by atoms with E-state index in [0.717, 1.165) is 9.20 Å². The molecule has 0 saturated carbocycles. The number of nitrogens with one attached hydrogen (secondary N) is 1. The van der Waals surface area contributed by atoms with Crippen LogP contribution in [-0.4, -0.2) is 39.3 Å². The number of carbonyl (C=O) groups excluding carboxylic acids is 1. The van der Waals surface area contributed by atoms with Gasteiger partial charge in [0.25, 0.3) is 5.91 Å². The SMILES string of the molecule is CCOc1ccc(NC(=O)c2ccccc2Sc2ccccc2C#N)cc1S(=O)(=O)N(C)C. The van der Waals surface area contributed by atoms with Crippen molar-refractivity contribution in [1.82, 2.24) is 4.31 Å². The molecular weight excluding hydrogens is 458 g/mol. The number of nitriles is 1. The highest BCUT2D eigenvalue weighted by Crippen LogP contribution is 2.34. The van der Waals surface area contributed by atoms with E-state index in [-0.39, 0.29) is 10.6 Å². The average Bonchev–Trinajstić information content (AvgIpc) is 2.80. The Balaban J connectivity index is 1.93. The standard InChI is InChI=1S/C24H23N3O4S2/c1-4-31-20-14-13-18(15-23(20)33(29,30)27(2)3)26-24(28)19-10-6-8-12-22(19)32-21-11-7-5-9-17(21)16-25/h5-15H,4H2,1-3H3,(H,26,28). The van der Waals surface area contributed by atoms with Crippen LogP contribution in [0.3, 0.4) is 0 Å². The van der Waals surface area contributed by atoms with Crippen molar-refractivity contribution in [3.8, 4) is 11.8 Å². The number of sulfonamides is 1. The van der Waals surface area contributed by atoms with Gasteiger partial charge in [-0.25, -0.2) is 12.7 Å². The van der Waals surface area contributed by atoms with Gasteiger partial charge in [0.05, 0.1) is 17.7 Å². The fraction of sp³-hybridized carbons (Fsp3) is 0.167. The van der Waals surface area contributed by atoms with Crippen LogP contribution in [0, 0.1) is 11.3 Å². The van der Waals surface area contributed by atoms with Gasteiger partial charge in [-0.15, -0.1) is 0 Å². The molecule has 3 aromatic carbocycles. The third-order valence-electron chi connectivity index (χ3n) is 4.62. The summed E-state index contributed by atoms with van der Waals surface area (Å²) >= 11 is 1.32. The predicted octanol–water partition coefficient (Wildman–Crippen LogP) is 4.61. The van der Waals surface area contributed by atoms with Crippen molar-refractivity contribution in [3.05, 3.63) is 77.9 Å². The first-order valence-electron chi connectivity index (χ1n) is 10.0. The number of rotatable bonds is 8. The molecule has 0 radical (unpaired) electrons. The Morgan fingerprint density at radius 3 is 2.39 bits per heavy atom. The summed E-state index contributed by atoms with van der Waals surface area (Å²) in [5, 5.41) is 12.1. The van der Waals surface area contributed by atoms with E-state index in [1.54, 1.807) is 43.3 Å². The minimum absolute atomic E-state index is 0.0299. The van der Waals surface area contributed by atoms with Crippen LogP contribution < -0.4 is 10.1 Å². The van der Waals surface area contributed by atoms with Gasteiger partial charge in [0.15, 0.2) is 0 Å². The van der Waals surface area contributed by atoms with Crippen LogP contribution in [0.15, 0.2) is 81.4 Å². The highest BCUT2D eigenvalue weighted by Gasteiger charge is 2.23.